The van der Waals surface area contributed by atoms with Crippen molar-refractivity contribution in [1.29, 1.82) is 0 Å². The molecule has 0 saturated heterocycles. The zero-order valence-electron chi connectivity index (χ0n) is 16.5. The molecule has 31 heavy (non-hydrogen) atoms. The number of nitrogens with one attached hydrogen (secondary N) is 1. The lowest BCUT2D eigenvalue weighted by atomic mass is 10.3. The highest BCUT2D eigenvalue weighted by molar-refractivity contribution is 7.99. The van der Waals surface area contributed by atoms with Gasteiger partial charge in [0.05, 0.1) is 21.5 Å². The van der Waals surface area contributed by atoms with Crippen LogP contribution in [-0.2, 0) is 11.3 Å². The van der Waals surface area contributed by atoms with Crippen molar-refractivity contribution in [3.63, 3.8) is 0 Å². The first-order valence-electron chi connectivity index (χ1n) is 9.21. The lowest BCUT2D eigenvalue weighted by Crippen LogP contribution is -2.15. The highest BCUT2D eigenvalue weighted by Gasteiger charge is 2.20. The van der Waals surface area contributed by atoms with E-state index in [1.54, 1.807) is 36.4 Å². The SMILES string of the molecule is CCn1c(SCC(=O)Nc2ccc(Cl)cc2Cl)nnc1C(C)Oc1ccc(Cl)cc1Cl. The third-order valence-electron chi connectivity index (χ3n) is 4.16. The quantitative estimate of drug-likeness (QED) is 0.332. The number of carbonyl (C=O) groups excluding carboxylic acids is 1. The first-order valence-corrected chi connectivity index (χ1v) is 11.7. The molecule has 2 aromatic carbocycles. The van der Waals surface area contributed by atoms with E-state index in [4.69, 9.17) is 51.1 Å². The third kappa shape index (κ3) is 6.20. The number of anilines is 1. The molecule has 164 valence electrons. The van der Waals surface area contributed by atoms with Crippen molar-refractivity contribution in [3.05, 3.63) is 62.3 Å². The molecule has 0 radical (unpaired) electrons. The van der Waals surface area contributed by atoms with Gasteiger partial charge in [-0.3, -0.25) is 4.79 Å². The number of benzene rings is 2. The molecule has 1 heterocycles. The zero-order valence-corrected chi connectivity index (χ0v) is 20.4. The van der Waals surface area contributed by atoms with E-state index < -0.39 is 6.10 Å². The minimum absolute atomic E-state index is 0.134. The predicted molar refractivity (Wildman–Crippen MR) is 127 cm³/mol. The second kappa shape index (κ2) is 10.8. The van der Waals surface area contributed by atoms with Crippen LogP contribution >= 0.6 is 58.2 Å². The smallest absolute Gasteiger partial charge is 0.234 e. The van der Waals surface area contributed by atoms with E-state index in [0.29, 0.717) is 49.1 Å². The summed E-state index contributed by atoms with van der Waals surface area (Å²) in [5.74, 6) is 1.03. The maximum absolute atomic E-state index is 12.3. The second-order valence-electron chi connectivity index (χ2n) is 6.38. The summed E-state index contributed by atoms with van der Waals surface area (Å²) >= 11 is 25.4. The van der Waals surface area contributed by atoms with Crippen LogP contribution in [-0.4, -0.2) is 26.4 Å². The van der Waals surface area contributed by atoms with E-state index in [0.717, 1.165) is 0 Å². The number of hydrogen-bond donors (Lipinski definition) is 1. The first-order chi connectivity index (χ1) is 14.8. The number of hydrogen-bond acceptors (Lipinski definition) is 5. The van der Waals surface area contributed by atoms with Gasteiger partial charge in [0.15, 0.2) is 17.1 Å². The molecule has 0 bridgehead atoms. The fourth-order valence-electron chi connectivity index (χ4n) is 2.73. The van der Waals surface area contributed by atoms with E-state index in [2.05, 4.69) is 15.5 Å². The molecule has 11 heteroatoms. The maximum atomic E-state index is 12.3. The molecule has 0 aliphatic carbocycles. The number of halogens is 4. The first kappa shape index (κ1) is 24.0. The number of carbonyl (C=O) groups is 1. The molecule has 0 aliphatic rings. The highest BCUT2D eigenvalue weighted by Crippen LogP contribution is 2.32. The lowest BCUT2D eigenvalue weighted by Gasteiger charge is -2.16. The van der Waals surface area contributed by atoms with Crippen LogP contribution in [0.4, 0.5) is 5.69 Å². The summed E-state index contributed by atoms with van der Waals surface area (Å²) in [7, 11) is 0. The Bertz CT molecular complexity index is 1090. The van der Waals surface area contributed by atoms with Crippen molar-refractivity contribution in [2.75, 3.05) is 11.1 Å². The Morgan fingerprint density at radius 2 is 1.77 bits per heavy atom. The molecule has 1 unspecified atom stereocenters. The van der Waals surface area contributed by atoms with E-state index >= 15 is 0 Å². The van der Waals surface area contributed by atoms with Gasteiger partial charge in [-0.05, 0) is 50.2 Å². The summed E-state index contributed by atoms with van der Waals surface area (Å²) in [6.07, 6.45) is -0.415. The van der Waals surface area contributed by atoms with Crippen molar-refractivity contribution in [2.24, 2.45) is 0 Å². The molecule has 1 amide bonds. The summed E-state index contributed by atoms with van der Waals surface area (Å²) in [4.78, 5) is 12.3. The normalized spacial score (nSPS) is 11.9. The van der Waals surface area contributed by atoms with Gasteiger partial charge in [-0.2, -0.15) is 0 Å². The van der Waals surface area contributed by atoms with Gasteiger partial charge >= 0.3 is 0 Å². The Morgan fingerprint density at radius 3 is 2.42 bits per heavy atom. The van der Waals surface area contributed by atoms with Gasteiger partial charge in [-0.25, -0.2) is 0 Å². The van der Waals surface area contributed by atoms with Crippen LogP contribution in [0.15, 0.2) is 41.6 Å². The van der Waals surface area contributed by atoms with Crippen LogP contribution in [0.3, 0.4) is 0 Å². The molecule has 3 aromatic rings. The van der Waals surface area contributed by atoms with Gasteiger partial charge in [-0.15, -0.1) is 10.2 Å². The van der Waals surface area contributed by atoms with Crippen molar-refractivity contribution in [2.45, 2.75) is 31.7 Å². The Kier molecular flexibility index (Phi) is 8.36. The predicted octanol–water partition coefficient (Wildman–Crippen LogP) is 6.78. The van der Waals surface area contributed by atoms with E-state index in [-0.39, 0.29) is 11.7 Å². The number of amides is 1. The van der Waals surface area contributed by atoms with Crippen molar-refractivity contribution >= 4 is 69.8 Å². The van der Waals surface area contributed by atoms with Crippen LogP contribution < -0.4 is 10.1 Å². The molecule has 0 fully saturated rings. The van der Waals surface area contributed by atoms with Crippen molar-refractivity contribution in [1.82, 2.24) is 14.8 Å². The minimum atomic E-state index is -0.415. The molecule has 0 aliphatic heterocycles. The average molecular weight is 520 g/mol. The largest absolute Gasteiger partial charge is 0.481 e. The summed E-state index contributed by atoms with van der Waals surface area (Å²) in [5.41, 5.74) is 0.496. The Hall–Kier alpha value is -1.64. The molecule has 3 rings (SSSR count). The molecule has 0 saturated carbocycles. The fourth-order valence-corrected chi connectivity index (χ4v) is 4.44. The lowest BCUT2D eigenvalue weighted by molar-refractivity contribution is -0.113. The van der Waals surface area contributed by atoms with E-state index in [1.165, 1.54) is 11.8 Å². The number of aromatic nitrogens is 3. The Labute approximate surface area is 204 Å². The third-order valence-corrected chi connectivity index (χ3v) is 6.21. The molecular weight excluding hydrogens is 502 g/mol. The summed E-state index contributed by atoms with van der Waals surface area (Å²) in [6.45, 7) is 4.43. The molecule has 1 N–H and O–H groups in total. The van der Waals surface area contributed by atoms with Gasteiger partial charge in [0, 0.05) is 16.6 Å². The Balaban J connectivity index is 1.65. The molecule has 1 aromatic heterocycles. The topological polar surface area (TPSA) is 69.0 Å². The number of rotatable bonds is 8. The molecule has 1 atom stereocenters. The summed E-state index contributed by atoms with van der Waals surface area (Å²) in [6, 6.07) is 9.90. The monoisotopic (exact) mass is 518 g/mol. The van der Waals surface area contributed by atoms with E-state index in [9.17, 15) is 4.79 Å². The molecule has 6 nitrogen and oxygen atoms in total. The van der Waals surface area contributed by atoms with Crippen LogP contribution in [0.25, 0.3) is 0 Å². The van der Waals surface area contributed by atoms with Crippen LogP contribution in [0, 0.1) is 0 Å². The summed E-state index contributed by atoms with van der Waals surface area (Å²) < 4.78 is 7.83. The molecular formula is C20H18Cl4N4O2S. The van der Waals surface area contributed by atoms with Crippen molar-refractivity contribution in [3.8, 4) is 5.75 Å². The minimum Gasteiger partial charge on any atom is -0.481 e. The van der Waals surface area contributed by atoms with Gasteiger partial charge in [-0.1, -0.05) is 58.2 Å². The van der Waals surface area contributed by atoms with Gasteiger partial charge < -0.3 is 14.6 Å². The highest BCUT2D eigenvalue weighted by atomic mass is 35.5. The van der Waals surface area contributed by atoms with Crippen LogP contribution in [0.2, 0.25) is 20.1 Å². The van der Waals surface area contributed by atoms with E-state index in [1.807, 2.05) is 18.4 Å². The maximum Gasteiger partial charge on any atom is 0.234 e. The standard InChI is InChI=1S/C20H18Cl4N4O2S/c1-3-28-19(11(2)30-17-7-5-13(22)9-15(17)24)26-27-20(28)31-10-18(29)25-16-6-4-12(21)8-14(16)23/h4-9,11H,3,10H2,1-2H3,(H,25,29). The van der Waals surface area contributed by atoms with Gasteiger partial charge in [0.25, 0.3) is 0 Å². The number of thioether (sulfide) groups is 1. The number of nitrogens with zero attached hydrogens (tertiary/aromatic N) is 3. The fraction of sp³-hybridized carbons (Fsp3) is 0.250. The average Bonchev–Trinajstić information content (AvgIpc) is 3.13. The van der Waals surface area contributed by atoms with Crippen LogP contribution in [0.5, 0.6) is 5.75 Å². The second-order valence-corrected chi connectivity index (χ2v) is 9.01. The molecule has 0 spiro atoms. The Morgan fingerprint density at radius 1 is 1.10 bits per heavy atom. The zero-order chi connectivity index (χ0) is 22.5. The van der Waals surface area contributed by atoms with Gasteiger partial charge in [0.2, 0.25) is 5.91 Å². The van der Waals surface area contributed by atoms with Crippen molar-refractivity contribution < 1.29 is 9.53 Å². The van der Waals surface area contributed by atoms with Gasteiger partial charge in [0.1, 0.15) is 5.75 Å². The van der Waals surface area contributed by atoms with Crippen LogP contribution in [0.1, 0.15) is 25.8 Å². The number of ether oxygens (including phenoxy) is 1. The summed E-state index contributed by atoms with van der Waals surface area (Å²) in [5, 5.41) is 13.6.